The quantitative estimate of drug-likeness (QED) is 0.852. The van der Waals surface area contributed by atoms with Crippen LogP contribution in [0.3, 0.4) is 0 Å². The summed E-state index contributed by atoms with van der Waals surface area (Å²) < 4.78 is 0. The number of hydrogen-bond donors (Lipinski definition) is 0. The lowest BCUT2D eigenvalue weighted by Crippen LogP contribution is -2.70. The predicted octanol–water partition coefficient (Wildman–Crippen LogP) is 2.51. The van der Waals surface area contributed by atoms with Crippen molar-refractivity contribution < 1.29 is 4.79 Å². The number of hydrogen-bond acceptors (Lipinski definition) is 4. The number of piperazine rings is 1. The van der Waals surface area contributed by atoms with Gasteiger partial charge in [-0.3, -0.25) is 4.79 Å². The van der Waals surface area contributed by atoms with Crippen LogP contribution in [0.1, 0.15) is 33.7 Å². The first kappa shape index (κ1) is 15.1. The minimum absolute atomic E-state index is 0.165. The number of carbonyl (C=O) groups excluding carboxylic acids is 1. The van der Waals surface area contributed by atoms with E-state index in [2.05, 4.69) is 33.6 Å². The van der Waals surface area contributed by atoms with Gasteiger partial charge in [-0.2, -0.15) is 0 Å². The van der Waals surface area contributed by atoms with Gasteiger partial charge in [0.1, 0.15) is 11.6 Å². The molecule has 3 aliphatic rings. The summed E-state index contributed by atoms with van der Waals surface area (Å²) in [5.74, 6) is 1.92. The Labute approximate surface area is 142 Å². The standard InChI is InChI=1S/C19H22N4O/c1-12-4-5-15(8-13(12)2)19(24)23-16-9-17(23)11-22(10-16)18-6-7-20-14(3)21-18/h4-8,16-17H,9-11H2,1-3H3. The fourth-order valence-electron chi connectivity index (χ4n) is 3.77. The number of benzene rings is 1. The van der Waals surface area contributed by atoms with Crippen molar-refractivity contribution in [3.8, 4) is 0 Å². The van der Waals surface area contributed by atoms with Gasteiger partial charge in [-0.25, -0.2) is 9.97 Å². The first-order valence-corrected chi connectivity index (χ1v) is 8.47. The largest absolute Gasteiger partial charge is 0.352 e. The molecule has 0 N–H and O–H groups in total. The number of piperidine rings is 1. The van der Waals surface area contributed by atoms with Gasteiger partial charge in [-0.1, -0.05) is 6.07 Å². The fourth-order valence-corrected chi connectivity index (χ4v) is 3.77. The molecule has 3 aliphatic heterocycles. The van der Waals surface area contributed by atoms with E-state index in [9.17, 15) is 4.79 Å². The Balaban J connectivity index is 1.50. The Hall–Kier alpha value is -2.43. The molecule has 1 amide bonds. The monoisotopic (exact) mass is 322 g/mol. The molecule has 0 radical (unpaired) electrons. The molecule has 0 aliphatic carbocycles. The average Bonchev–Trinajstić information content (AvgIpc) is 2.57. The number of aromatic nitrogens is 2. The summed E-state index contributed by atoms with van der Waals surface area (Å²) in [5.41, 5.74) is 3.20. The Morgan fingerprint density at radius 1 is 1.08 bits per heavy atom. The molecule has 5 nitrogen and oxygen atoms in total. The molecule has 2 atom stereocenters. The van der Waals surface area contributed by atoms with Crippen LogP contribution in [0.5, 0.6) is 0 Å². The van der Waals surface area contributed by atoms with Crippen LogP contribution in [0.15, 0.2) is 30.5 Å². The minimum atomic E-state index is 0.165. The predicted molar refractivity (Wildman–Crippen MR) is 93.3 cm³/mol. The summed E-state index contributed by atoms with van der Waals surface area (Å²) in [6.45, 7) is 7.74. The number of fused-ring (bicyclic) bond motifs is 2. The average molecular weight is 322 g/mol. The minimum Gasteiger partial charge on any atom is -0.352 e. The molecule has 1 aromatic carbocycles. The molecule has 3 saturated heterocycles. The van der Waals surface area contributed by atoms with E-state index in [0.717, 1.165) is 36.7 Å². The summed E-state index contributed by atoms with van der Waals surface area (Å²) in [6.07, 6.45) is 2.90. The normalized spacial score (nSPS) is 22.3. The third-order valence-electron chi connectivity index (χ3n) is 5.27. The van der Waals surface area contributed by atoms with Gasteiger partial charge < -0.3 is 9.80 Å². The van der Waals surface area contributed by atoms with Crippen LogP contribution in [-0.4, -0.2) is 45.9 Å². The van der Waals surface area contributed by atoms with Crippen LogP contribution in [0.25, 0.3) is 0 Å². The van der Waals surface area contributed by atoms with Crippen molar-refractivity contribution in [2.24, 2.45) is 0 Å². The van der Waals surface area contributed by atoms with Crippen molar-refractivity contribution in [1.29, 1.82) is 0 Å². The second-order valence-corrected chi connectivity index (χ2v) is 6.92. The molecule has 1 aromatic heterocycles. The maximum absolute atomic E-state index is 12.9. The van der Waals surface area contributed by atoms with Crippen LogP contribution in [0.2, 0.25) is 0 Å². The van der Waals surface area contributed by atoms with E-state index in [4.69, 9.17) is 0 Å². The molecule has 2 aromatic rings. The van der Waals surface area contributed by atoms with Crippen molar-refractivity contribution in [1.82, 2.24) is 14.9 Å². The molecule has 3 fully saturated rings. The SMILES string of the molecule is Cc1nccc(N2CC3CC(C2)N3C(=O)c2ccc(C)c(C)c2)n1. The van der Waals surface area contributed by atoms with E-state index in [1.165, 1.54) is 11.1 Å². The highest BCUT2D eigenvalue weighted by atomic mass is 16.2. The molecule has 4 heterocycles. The highest BCUT2D eigenvalue weighted by molar-refractivity contribution is 5.95. The second kappa shape index (κ2) is 5.58. The first-order valence-electron chi connectivity index (χ1n) is 8.47. The van der Waals surface area contributed by atoms with Crippen molar-refractivity contribution in [3.05, 3.63) is 53.0 Å². The van der Waals surface area contributed by atoms with E-state index in [0.29, 0.717) is 0 Å². The number of anilines is 1. The lowest BCUT2D eigenvalue weighted by Gasteiger charge is -2.56. The van der Waals surface area contributed by atoms with E-state index in [-0.39, 0.29) is 18.0 Å². The zero-order valence-corrected chi connectivity index (χ0v) is 14.4. The highest BCUT2D eigenvalue weighted by Crippen LogP contribution is 2.35. The Bertz CT molecular complexity index is 792. The summed E-state index contributed by atoms with van der Waals surface area (Å²) in [4.78, 5) is 25.9. The van der Waals surface area contributed by atoms with Gasteiger partial charge in [0.2, 0.25) is 0 Å². The van der Waals surface area contributed by atoms with Crippen molar-refractivity contribution in [3.63, 3.8) is 0 Å². The molecule has 24 heavy (non-hydrogen) atoms. The van der Waals surface area contributed by atoms with Gasteiger partial charge in [-0.15, -0.1) is 0 Å². The molecule has 2 bridgehead atoms. The summed E-state index contributed by atoms with van der Waals surface area (Å²) >= 11 is 0. The summed E-state index contributed by atoms with van der Waals surface area (Å²) in [6, 6.07) is 8.52. The van der Waals surface area contributed by atoms with Gasteiger partial charge in [0.25, 0.3) is 5.91 Å². The number of amides is 1. The highest BCUT2D eigenvalue weighted by Gasteiger charge is 2.47. The summed E-state index contributed by atoms with van der Waals surface area (Å²) in [7, 11) is 0. The number of aryl methyl sites for hydroxylation is 3. The smallest absolute Gasteiger partial charge is 0.254 e. The maximum atomic E-state index is 12.9. The summed E-state index contributed by atoms with van der Waals surface area (Å²) in [5, 5.41) is 0. The zero-order chi connectivity index (χ0) is 16.8. The molecule has 5 rings (SSSR count). The van der Waals surface area contributed by atoms with E-state index < -0.39 is 0 Å². The molecule has 5 heteroatoms. The van der Waals surface area contributed by atoms with Gasteiger partial charge in [0.15, 0.2) is 0 Å². The van der Waals surface area contributed by atoms with Crippen LogP contribution >= 0.6 is 0 Å². The van der Waals surface area contributed by atoms with Gasteiger partial charge >= 0.3 is 0 Å². The van der Waals surface area contributed by atoms with E-state index in [1.807, 2.05) is 31.2 Å². The van der Waals surface area contributed by atoms with Gasteiger partial charge in [0.05, 0.1) is 12.1 Å². The van der Waals surface area contributed by atoms with Gasteiger partial charge in [0, 0.05) is 24.8 Å². The second-order valence-electron chi connectivity index (χ2n) is 6.92. The third kappa shape index (κ3) is 2.44. The number of carbonyl (C=O) groups is 1. The first-order chi connectivity index (χ1) is 11.5. The van der Waals surface area contributed by atoms with E-state index in [1.54, 1.807) is 6.20 Å². The Kier molecular flexibility index (Phi) is 3.52. The topological polar surface area (TPSA) is 49.3 Å². The molecular weight excluding hydrogens is 300 g/mol. The molecular formula is C19H22N4O. The van der Waals surface area contributed by atoms with Crippen molar-refractivity contribution in [2.75, 3.05) is 18.0 Å². The van der Waals surface area contributed by atoms with Crippen LogP contribution < -0.4 is 4.90 Å². The van der Waals surface area contributed by atoms with Crippen molar-refractivity contribution in [2.45, 2.75) is 39.3 Å². The van der Waals surface area contributed by atoms with Crippen LogP contribution in [0.4, 0.5) is 5.82 Å². The van der Waals surface area contributed by atoms with Crippen molar-refractivity contribution >= 4 is 11.7 Å². The van der Waals surface area contributed by atoms with Crippen LogP contribution in [0, 0.1) is 20.8 Å². The van der Waals surface area contributed by atoms with Gasteiger partial charge in [-0.05, 0) is 56.5 Å². The zero-order valence-electron chi connectivity index (χ0n) is 14.4. The van der Waals surface area contributed by atoms with E-state index >= 15 is 0 Å². The Morgan fingerprint density at radius 3 is 2.50 bits per heavy atom. The maximum Gasteiger partial charge on any atom is 0.254 e. The molecule has 2 unspecified atom stereocenters. The lowest BCUT2D eigenvalue weighted by atomic mass is 9.86. The number of rotatable bonds is 2. The third-order valence-corrected chi connectivity index (χ3v) is 5.27. The molecule has 0 spiro atoms. The van der Waals surface area contributed by atoms with Crippen LogP contribution in [-0.2, 0) is 0 Å². The fraction of sp³-hybridized carbons (Fsp3) is 0.421. The molecule has 0 saturated carbocycles. The Morgan fingerprint density at radius 2 is 1.83 bits per heavy atom. The lowest BCUT2D eigenvalue weighted by molar-refractivity contribution is 0.00574. The number of nitrogens with zero attached hydrogens (tertiary/aromatic N) is 4. The molecule has 124 valence electrons.